The lowest BCUT2D eigenvalue weighted by molar-refractivity contribution is -0.116. The van der Waals surface area contributed by atoms with Crippen molar-refractivity contribution < 1.29 is 14.7 Å². The highest BCUT2D eigenvalue weighted by Gasteiger charge is 2.21. The molecule has 0 saturated heterocycles. The maximum Gasteiger partial charge on any atom is 0.251 e. The summed E-state index contributed by atoms with van der Waals surface area (Å²) in [4.78, 5) is 25.3. The molecular weight excluding hydrogens is 336 g/mol. The molecule has 1 heterocycles. The summed E-state index contributed by atoms with van der Waals surface area (Å²) >= 11 is 1.44. The Balaban J connectivity index is 2.11. The van der Waals surface area contributed by atoms with Crippen LogP contribution in [0.1, 0.15) is 53.1 Å². The summed E-state index contributed by atoms with van der Waals surface area (Å²) in [6.07, 6.45) is 3.36. The van der Waals surface area contributed by atoms with Crippen LogP contribution in [0.5, 0.6) is 5.75 Å². The number of nitrogens with one attached hydrogen (secondary N) is 1. The first-order valence-corrected chi connectivity index (χ1v) is 9.30. The highest BCUT2D eigenvalue weighted by Crippen LogP contribution is 2.34. The number of carbonyl (C=O) groups excluding carboxylic acids is 2. The van der Waals surface area contributed by atoms with E-state index in [4.69, 9.17) is 5.73 Å². The Morgan fingerprint density at radius 1 is 1.16 bits per heavy atom. The first-order valence-electron chi connectivity index (χ1n) is 8.48. The van der Waals surface area contributed by atoms with E-state index < -0.39 is 5.91 Å². The van der Waals surface area contributed by atoms with Gasteiger partial charge in [-0.05, 0) is 42.5 Å². The zero-order valence-electron chi connectivity index (χ0n) is 14.6. The molecule has 2 aromatic rings. The molecule has 0 aliphatic rings. The topological polar surface area (TPSA) is 92.4 Å². The number of aryl methyl sites for hydroxylation is 2. The van der Waals surface area contributed by atoms with Crippen LogP contribution < -0.4 is 11.1 Å². The molecule has 0 bridgehead atoms. The second-order valence-electron chi connectivity index (χ2n) is 5.89. The van der Waals surface area contributed by atoms with Crippen molar-refractivity contribution in [3.63, 3.8) is 0 Å². The van der Waals surface area contributed by atoms with Crippen molar-refractivity contribution in [3.05, 3.63) is 45.8 Å². The Hall–Kier alpha value is -2.34. The van der Waals surface area contributed by atoms with Gasteiger partial charge >= 0.3 is 0 Å². The van der Waals surface area contributed by atoms with Crippen LogP contribution in [0.25, 0.3) is 0 Å². The summed E-state index contributed by atoms with van der Waals surface area (Å²) in [5, 5.41) is 12.7. The monoisotopic (exact) mass is 360 g/mol. The molecule has 134 valence electrons. The van der Waals surface area contributed by atoms with Gasteiger partial charge in [0.2, 0.25) is 5.91 Å². The Morgan fingerprint density at radius 3 is 2.40 bits per heavy atom. The molecule has 0 unspecified atom stereocenters. The Kier molecular flexibility index (Phi) is 6.58. The molecule has 1 aromatic heterocycles. The van der Waals surface area contributed by atoms with Crippen LogP contribution in [-0.4, -0.2) is 16.9 Å². The van der Waals surface area contributed by atoms with Gasteiger partial charge in [-0.1, -0.05) is 32.4 Å². The van der Waals surface area contributed by atoms with Crippen molar-refractivity contribution in [2.45, 2.75) is 46.0 Å². The number of primary amides is 1. The van der Waals surface area contributed by atoms with E-state index in [0.717, 1.165) is 35.3 Å². The normalized spacial score (nSPS) is 10.6. The van der Waals surface area contributed by atoms with Crippen molar-refractivity contribution in [1.82, 2.24) is 0 Å². The maximum atomic E-state index is 12.3. The molecule has 4 N–H and O–H groups in total. The minimum Gasteiger partial charge on any atom is -0.508 e. The van der Waals surface area contributed by atoms with Crippen LogP contribution in [0, 0.1) is 0 Å². The number of rotatable bonds is 8. The number of carbonyl (C=O) groups is 2. The van der Waals surface area contributed by atoms with Crippen molar-refractivity contribution >= 4 is 28.2 Å². The van der Waals surface area contributed by atoms with Crippen molar-refractivity contribution in [2.75, 3.05) is 5.32 Å². The van der Waals surface area contributed by atoms with E-state index in [1.807, 2.05) is 6.92 Å². The van der Waals surface area contributed by atoms with E-state index in [9.17, 15) is 14.7 Å². The molecule has 0 aliphatic carbocycles. The highest BCUT2D eigenvalue weighted by molar-refractivity contribution is 7.17. The molecule has 2 rings (SSSR count). The number of phenols is 1. The number of aromatic hydroxyl groups is 1. The third-order valence-electron chi connectivity index (χ3n) is 3.99. The van der Waals surface area contributed by atoms with E-state index in [0.29, 0.717) is 23.4 Å². The number of hydrogen-bond donors (Lipinski definition) is 3. The SMILES string of the molecule is CCCc1c(CC)sc(NC(=O)CCc2ccc(O)cc2)c1C(N)=O. The number of hydrogen-bond acceptors (Lipinski definition) is 4. The number of thiophene rings is 1. The minimum atomic E-state index is -0.492. The van der Waals surface area contributed by atoms with Gasteiger partial charge in [-0.3, -0.25) is 9.59 Å². The molecule has 25 heavy (non-hydrogen) atoms. The second-order valence-corrected chi connectivity index (χ2v) is 7.00. The van der Waals surface area contributed by atoms with Gasteiger partial charge in [-0.2, -0.15) is 0 Å². The van der Waals surface area contributed by atoms with Crippen LogP contribution >= 0.6 is 11.3 Å². The fourth-order valence-corrected chi connectivity index (χ4v) is 3.98. The average Bonchev–Trinajstić information content (AvgIpc) is 2.92. The minimum absolute atomic E-state index is 0.150. The lowest BCUT2D eigenvalue weighted by Crippen LogP contribution is -2.18. The molecule has 0 fully saturated rings. The summed E-state index contributed by atoms with van der Waals surface area (Å²) in [5.74, 6) is -0.441. The predicted molar refractivity (Wildman–Crippen MR) is 101 cm³/mol. The van der Waals surface area contributed by atoms with Gasteiger partial charge in [-0.25, -0.2) is 0 Å². The summed E-state index contributed by atoms with van der Waals surface area (Å²) in [6, 6.07) is 6.78. The van der Waals surface area contributed by atoms with Crippen LogP contribution in [0.4, 0.5) is 5.00 Å². The van der Waals surface area contributed by atoms with E-state index in [1.165, 1.54) is 11.3 Å². The highest BCUT2D eigenvalue weighted by atomic mass is 32.1. The first kappa shape index (κ1) is 19.0. The zero-order valence-corrected chi connectivity index (χ0v) is 15.4. The largest absolute Gasteiger partial charge is 0.508 e. The Labute approximate surface area is 151 Å². The Morgan fingerprint density at radius 2 is 1.84 bits per heavy atom. The lowest BCUT2D eigenvalue weighted by Gasteiger charge is -2.06. The quantitative estimate of drug-likeness (QED) is 0.671. The standard InChI is InChI=1S/C19H24N2O3S/c1-3-5-14-15(4-2)25-19(17(14)18(20)24)21-16(23)11-8-12-6-9-13(22)10-7-12/h6-7,9-10,22H,3-5,8,11H2,1-2H3,(H2,20,24)(H,21,23). The number of amides is 2. The van der Waals surface area contributed by atoms with Crippen LogP contribution in [-0.2, 0) is 24.1 Å². The van der Waals surface area contributed by atoms with Gasteiger partial charge in [0.15, 0.2) is 0 Å². The van der Waals surface area contributed by atoms with Crippen molar-refractivity contribution in [3.8, 4) is 5.75 Å². The van der Waals surface area contributed by atoms with Crippen LogP contribution in [0.3, 0.4) is 0 Å². The van der Waals surface area contributed by atoms with Crippen LogP contribution in [0.2, 0.25) is 0 Å². The number of phenolic OH excluding ortho intramolecular Hbond substituents is 1. The number of anilines is 1. The third-order valence-corrected chi connectivity index (χ3v) is 5.28. The Bertz CT molecular complexity index is 751. The molecule has 0 radical (unpaired) electrons. The summed E-state index contributed by atoms with van der Waals surface area (Å²) < 4.78 is 0. The molecule has 0 aliphatic heterocycles. The molecular formula is C19H24N2O3S. The molecule has 5 nitrogen and oxygen atoms in total. The first-order chi connectivity index (χ1) is 12.0. The van der Waals surface area contributed by atoms with Gasteiger partial charge in [0.05, 0.1) is 5.56 Å². The fourth-order valence-electron chi connectivity index (χ4n) is 2.77. The average molecular weight is 360 g/mol. The fraction of sp³-hybridized carbons (Fsp3) is 0.368. The van der Waals surface area contributed by atoms with Crippen molar-refractivity contribution in [2.24, 2.45) is 5.73 Å². The third kappa shape index (κ3) is 4.82. The van der Waals surface area contributed by atoms with Gasteiger partial charge in [0, 0.05) is 11.3 Å². The zero-order chi connectivity index (χ0) is 18.4. The van der Waals surface area contributed by atoms with E-state index >= 15 is 0 Å². The summed E-state index contributed by atoms with van der Waals surface area (Å²) in [5.41, 5.74) is 7.96. The second kappa shape index (κ2) is 8.67. The van der Waals surface area contributed by atoms with E-state index in [2.05, 4.69) is 12.2 Å². The summed E-state index contributed by atoms with van der Waals surface area (Å²) in [7, 11) is 0. The molecule has 6 heteroatoms. The number of benzene rings is 1. The number of nitrogens with two attached hydrogens (primary N) is 1. The molecule has 0 atom stereocenters. The molecule has 0 spiro atoms. The molecule has 0 saturated carbocycles. The van der Waals surface area contributed by atoms with E-state index in [-0.39, 0.29) is 11.7 Å². The molecule has 2 amide bonds. The van der Waals surface area contributed by atoms with Crippen molar-refractivity contribution in [1.29, 1.82) is 0 Å². The predicted octanol–water partition coefficient (Wildman–Crippen LogP) is 3.64. The lowest BCUT2D eigenvalue weighted by atomic mass is 10.0. The summed E-state index contributed by atoms with van der Waals surface area (Å²) in [6.45, 7) is 4.09. The maximum absolute atomic E-state index is 12.3. The smallest absolute Gasteiger partial charge is 0.251 e. The van der Waals surface area contributed by atoms with Gasteiger partial charge in [-0.15, -0.1) is 11.3 Å². The van der Waals surface area contributed by atoms with Crippen LogP contribution in [0.15, 0.2) is 24.3 Å². The van der Waals surface area contributed by atoms with Gasteiger partial charge in [0.1, 0.15) is 10.8 Å². The van der Waals surface area contributed by atoms with Gasteiger partial charge < -0.3 is 16.2 Å². The van der Waals surface area contributed by atoms with Gasteiger partial charge in [0.25, 0.3) is 5.91 Å². The molecule has 1 aromatic carbocycles. The van der Waals surface area contributed by atoms with E-state index in [1.54, 1.807) is 24.3 Å².